The Kier molecular flexibility index (Phi) is 6.41. The molecule has 174 valence electrons. The number of nitrogens with zero attached hydrogens (tertiary/aromatic N) is 2. The number of rotatable bonds is 3. The fraction of sp³-hybridized carbons (Fsp3) is 0.381. The fourth-order valence-electron chi connectivity index (χ4n) is 3.74. The van der Waals surface area contributed by atoms with Gasteiger partial charge in [0.15, 0.2) is 0 Å². The zero-order valence-electron chi connectivity index (χ0n) is 17.1. The highest BCUT2D eigenvalue weighted by atomic mass is 19.4. The Bertz CT molecular complexity index is 941. The van der Waals surface area contributed by atoms with E-state index in [0.717, 1.165) is 17.5 Å². The average molecular weight is 463 g/mol. The molecule has 0 radical (unpaired) electrons. The van der Waals surface area contributed by atoms with Gasteiger partial charge in [0.1, 0.15) is 5.82 Å². The van der Waals surface area contributed by atoms with Crippen molar-refractivity contribution in [2.75, 3.05) is 32.1 Å². The molecule has 4 nitrogen and oxygen atoms in total. The van der Waals surface area contributed by atoms with Crippen LogP contribution in [0, 0.1) is 5.82 Å². The minimum absolute atomic E-state index is 0.0109. The molecule has 2 aromatic rings. The zero-order valence-corrected chi connectivity index (χ0v) is 17.1. The summed E-state index contributed by atoms with van der Waals surface area (Å²) in [5.74, 6) is -0.657. The van der Waals surface area contributed by atoms with Crippen LogP contribution in [0.2, 0.25) is 0 Å². The van der Waals surface area contributed by atoms with E-state index in [1.54, 1.807) is 12.1 Å². The fourth-order valence-corrected chi connectivity index (χ4v) is 3.74. The van der Waals surface area contributed by atoms with Gasteiger partial charge in [0.05, 0.1) is 17.2 Å². The summed E-state index contributed by atoms with van der Waals surface area (Å²) < 4.78 is 92.2. The molecule has 1 heterocycles. The maximum atomic E-state index is 13.2. The van der Waals surface area contributed by atoms with Crippen molar-refractivity contribution in [3.63, 3.8) is 0 Å². The number of benzene rings is 2. The van der Waals surface area contributed by atoms with E-state index in [-0.39, 0.29) is 12.0 Å². The Morgan fingerprint density at radius 1 is 0.906 bits per heavy atom. The molecule has 0 aromatic heterocycles. The van der Waals surface area contributed by atoms with E-state index in [1.165, 1.54) is 24.1 Å². The third-order valence-corrected chi connectivity index (χ3v) is 5.53. The molecule has 0 saturated carbocycles. The molecular weight excluding hydrogens is 443 g/mol. The van der Waals surface area contributed by atoms with Crippen LogP contribution < -0.4 is 10.2 Å². The number of amides is 2. The van der Waals surface area contributed by atoms with Gasteiger partial charge in [-0.1, -0.05) is 12.1 Å². The average Bonchev–Trinajstić information content (AvgIpc) is 3.21. The summed E-state index contributed by atoms with van der Waals surface area (Å²) in [6.07, 6.45) is -10.0. The maximum absolute atomic E-state index is 13.2. The topological polar surface area (TPSA) is 35.6 Å². The zero-order chi connectivity index (χ0) is 23.8. The van der Waals surface area contributed by atoms with E-state index in [2.05, 4.69) is 5.32 Å². The Morgan fingerprint density at radius 3 is 1.94 bits per heavy atom. The van der Waals surface area contributed by atoms with Crippen LogP contribution in [0.15, 0.2) is 42.5 Å². The largest absolute Gasteiger partial charge is 0.416 e. The predicted molar refractivity (Wildman–Crippen MR) is 104 cm³/mol. The molecule has 32 heavy (non-hydrogen) atoms. The van der Waals surface area contributed by atoms with Crippen molar-refractivity contribution in [2.24, 2.45) is 0 Å². The third-order valence-electron chi connectivity index (χ3n) is 5.53. The van der Waals surface area contributed by atoms with Gasteiger partial charge in [-0.15, -0.1) is 0 Å². The lowest BCUT2D eigenvalue weighted by molar-refractivity contribution is -0.143. The van der Waals surface area contributed by atoms with Gasteiger partial charge in [0.25, 0.3) is 0 Å². The smallest absolute Gasteiger partial charge is 0.322 e. The maximum Gasteiger partial charge on any atom is 0.416 e. The van der Waals surface area contributed by atoms with Crippen molar-refractivity contribution in [3.8, 4) is 0 Å². The number of carbonyl (C=O) groups is 1. The van der Waals surface area contributed by atoms with Gasteiger partial charge >= 0.3 is 18.4 Å². The van der Waals surface area contributed by atoms with Crippen LogP contribution >= 0.6 is 0 Å². The van der Waals surface area contributed by atoms with E-state index < -0.39 is 47.1 Å². The van der Waals surface area contributed by atoms with Crippen LogP contribution in [0.1, 0.15) is 22.6 Å². The van der Waals surface area contributed by atoms with E-state index in [9.17, 15) is 35.5 Å². The Morgan fingerprint density at radius 2 is 1.44 bits per heavy atom. The number of likely N-dealkylation sites (N-methyl/N-ethyl adjacent to an activating group) is 1. The third kappa shape index (κ3) is 4.98. The predicted octanol–water partition coefficient (Wildman–Crippen LogP) is 5.11. The second-order valence-corrected chi connectivity index (χ2v) is 7.60. The molecule has 0 aliphatic carbocycles. The lowest BCUT2D eigenvalue weighted by Crippen LogP contribution is -2.47. The van der Waals surface area contributed by atoms with Crippen LogP contribution in [0.4, 0.5) is 41.2 Å². The minimum Gasteiger partial charge on any atom is -0.322 e. The van der Waals surface area contributed by atoms with Crippen molar-refractivity contribution < 1.29 is 35.5 Å². The van der Waals surface area contributed by atoms with Crippen molar-refractivity contribution in [3.05, 3.63) is 65.0 Å². The van der Waals surface area contributed by atoms with Crippen LogP contribution in [0.3, 0.4) is 0 Å². The van der Waals surface area contributed by atoms with Crippen molar-refractivity contribution in [2.45, 2.75) is 24.3 Å². The van der Waals surface area contributed by atoms with Crippen LogP contribution in [-0.4, -0.2) is 44.2 Å². The lowest BCUT2D eigenvalue weighted by Gasteiger charge is -2.33. The monoisotopic (exact) mass is 463 g/mol. The molecule has 2 atom stereocenters. The van der Waals surface area contributed by atoms with E-state index in [0.29, 0.717) is 25.2 Å². The molecule has 11 heteroatoms. The van der Waals surface area contributed by atoms with Gasteiger partial charge in [-0.2, -0.15) is 26.3 Å². The first kappa shape index (κ1) is 23.8. The highest BCUT2D eigenvalue weighted by Crippen LogP contribution is 2.38. The first-order valence-electron chi connectivity index (χ1n) is 9.55. The molecule has 0 bridgehead atoms. The normalized spacial score (nSPS) is 19.2. The van der Waals surface area contributed by atoms with Crippen molar-refractivity contribution >= 4 is 11.7 Å². The molecule has 2 aromatic carbocycles. The summed E-state index contributed by atoms with van der Waals surface area (Å²) in [5.41, 5.74) is -2.79. The molecule has 1 aliphatic rings. The number of alkyl halides is 6. The van der Waals surface area contributed by atoms with Crippen LogP contribution in [0.25, 0.3) is 0 Å². The highest BCUT2D eigenvalue weighted by Gasteiger charge is 2.39. The summed E-state index contributed by atoms with van der Waals surface area (Å²) >= 11 is 0. The van der Waals surface area contributed by atoms with E-state index in [1.807, 2.05) is 0 Å². The van der Waals surface area contributed by atoms with Gasteiger partial charge < -0.3 is 10.2 Å². The van der Waals surface area contributed by atoms with Crippen LogP contribution in [-0.2, 0) is 12.4 Å². The summed E-state index contributed by atoms with van der Waals surface area (Å²) in [7, 11) is 2.54. The molecule has 3 rings (SSSR count). The Labute approximate surface area is 179 Å². The van der Waals surface area contributed by atoms with Gasteiger partial charge in [0, 0.05) is 38.8 Å². The molecule has 2 amide bonds. The molecule has 1 saturated heterocycles. The number of nitrogens with one attached hydrogen (secondary N) is 1. The first-order valence-corrected chi connectivity index (χ1v) is 9.55. The summed E-state index contributed by atoms with van der Waals surface area (Å²) in [6, 6.07) is 5.50. The molecule has 1 N–H and O–H groups in total. The number of halogens is 7. The van der Waals surface area contributed by atoms with E-state index in [4.69, 9.17) is 0 Å². The number of anilines is 1. The molecule has 0 spiro atoms. The quantitative estimate of drug-likeness (QED) is 0.643. The highest BCUT2D eigenvalue weighted by molar-refractivity contribution is 5.92. The lowest BCUT2D eigenvalue weighted by atomic mass is 9.93. The summed E-state index contributed by atoms with van der Waals surface area (Å²) in [5, 5.41) is 3.10. The van der Waals surface area contributed by atoms with E-state index >= 15 is 0 Å². The van der Waals surface area contributed by atoms with Crippen molar-refractivity contribution in [1.29, 1.82) is 0 Å². The Balaban J connectivity index is 1.89. The number of carbonyl (C=O) groups excluding carboxylic acids is 1. The van der Waals surface area contributed by atoms with Gasteiger partial charge in [0.2, 0.25) is 0 Å². The van der Waals surface area contributed by atoms with Crippen molar-refractivity contribution in [1.82, 2.24) is 10.2 Å². The molecule has 1 aliphatic heterocycles. The number of hydrogen-bond donors (Lipinski definition) is 1. The molecular formula is C21H20F7N3O. The Hall–Kier alpha value is -2.82. The first-order chi connectivity index (χ1) is 14.8. The van der Waals surface area contributed by atoms with Gasteiger partial charge in [-0.3, -0.25) is 4.90 Å². The molecule has 1 fully saturated rings. The molecule has 0 unspecified atom stereocenters. The minimum atomic E-state index is -5.02. The summed E-state index contributed by atoms with van der Waals surface area (Å²) in [6.45, 7) is 0.827. The summed E-state index contributed by atoms with van der Waals surface area (Å²) in [4.78, 5) is 15.0. The second kappa shape index (κ2) is 8.61. The van der Waals surface area contributed by atoms with Gasteiger partial charge in [-0.25, -0.2) is 9.18 Å². The second-order valence-electron chi connectivity index (χ2n) is 7.60. The standard InChI is InChI=1S/C21H20F7N3O/c1-30(16-8-13(20(23,24)25)7-14(9-16)21(26,27)28)19(32)31(2)18-11-29-10-17(18)12-3-5-15(22)6-4-12/h3-9,17-18,29H,10-11H2,1-2H3/t17-,18+/m0/s1. The SMILES string of the molecule is CN(C(=O)N(C)[C@@H]1CNC[C@H]1c1ccc(F)cc1)c1cc(C(F)(F)F)cc(C(F)(F)F)c1. The van der Waals surface area contributed by atoms with Gasteiger partial charge in [-0.05, 0) is 35.9 Å². The number of hydrogen-bond acceptors (Lipinski definition) is 2. The van der Waals surface area contributed by atoms with Crippen LogP contribution in [0.5, 0.6) is 0 Å². The number of urea groups is 1.